The van der Waals surface area contributed by atoms with Crippen LogP contribution < -0.4 is 20.7 Å². The maximum atomic E-state index is 13.6. The molecule has 4 N–H and O–H groups in total. The molecule has 0 saturated heterocycles. The normalized spacial score (nSPS) is 13.4. The lowest BCUT2D eigenvalue weighted by Crippen LogP contribution is -3.12. The fraction of sp³-hybridized carbons (Fsp3) is 0.385. The van der Waals surface area contributed by atoms with Crippen LogP contribution in [0, 0.1) is 5.82 Å². The zero-order valence-corrected chi connectivity index (χ0v) is 11.7. The van der Waals surface area contributed by atoms with Crippen LogP contribution in [0.3, 0.4) is 0 Å². The molecule has 1 aromatic rings. The number of imide groups is 1. The molecule has 6 nitrogen and oxygen atoms in total. The number of nitrogens with one attached hydrogen (secondary N) is 2. The van der Waals surface area contributed by atoms with Crippen LogP contribution in [0.25, 0.3) is 0 Å². The summed E-state index contributed by atoms with van der Waals surface area (Å²) in [5.74, 6) is -0.748. The van der Waals surface area contributed by atoms with Crippen LogP contribution in [-0.4, -0.2) is 32.1 Å². The summed E-state index contributed by atoms with van der Waals surface area (Å²) in [5.41, 5.74) is 5.61. The molecule has 1 aromatic carbocycles. The van der Waals surface area contributed by atoms with Gasteiger partial charge in [0.1, 0.15) is 6.54 Å². The van der Waals surface area contributed by atoms with Gasteiger partial charge in [-0.15, -0.1) is 0 Å². The lowest BCUT2D eigenvalue weighted by atomic mass is 10.1. The van der Waals surface area contributed by atoms with Crippen molar-refractivity contribution < 1.29 is 23.6 Å². The van der Waals surface area contributed by atoms with Crippen LogP contribution in [0.2, 0.25) is 0 Å². The van der Waals surface area contributed by atoms with Gasteiger partial charge >= 0.3 is 6.03 Å². The second kappa shape index (κ2) is 6.85. The minimum atomic E-state index is -0.884. The van der Waals surface area contributed by atoms with E-state index >= 15 is 0 Å². The van der Waals surface area contributed by atoms with Crippen molar-refractivity contribution in [2.24, 2.45) is 5.73 Å². The average molecular weight is 284 g/mol. The number of ether oxygens (including phenoxy) is 1. The quantitative estimate of drug-likeness (QED) is 0.677. The number of rotatable bonds is 5. The molecular weight excluding hydrogens is 265 g/mol. The van der Waals surface area contributed by atoms with Gasteiger partial charge < -0.3 is 15.4 Å². The van der Waals surface area contributed by atoms with Crippen molar-refractivity contribution in [3.8, 4) is 5.75 Å². The third-order valence-electron chi connectivity index (χ3n) is 3.08. The minimum absolute atomic E-state index is 0.172. The van der Waals surface area contributed by atoms with Crippen molar-refractivity contribution >= 4 is 11.9 Å². The van der Waals surface area contributed by atoms with Crippen molar-refractivity contribution in [3.63, 3.8) is 0 Å². The monoisotopic (exact) mass is 284 g/mol. The van der Waals surface area contributed by atoms with E-state index in [0.29, 0.717) is 6.54 Å². The lowest BCUT2D eigenvalue weighted by molar-refractivity contribution is -0.908. The Balaban J connectivity index is 2.70. The summed E-state index contributed by atoms with van der Waals surface area (Å²) in [6.45, 7) is 2.09. The number of carbonyl (C=O) groups is 2. The third kappa shape index (κ3) is 4.20. The number of benzene rings is 1. The topological polar surface area (TPSA) is 85.9 Å². The summed E-state index contributed by atoms with van der Waals surface area (Å²) in [6, 6.07) is 3.25. The van der Waals surface area contributed by atoms with E-state index in [1.54, 1.807) is 20.0 Å². The van der Waals surface area contributed by atoms with E-state index in [1.807, 2.05) is 5.32 Å². The van der Waals surface area contributed by atoms with Crippen molar-refractivity contribution in [1.29, 1.82) is 0 Å². The first-order valence-corrected chi connectivity index (χ1v) is 6.10. The van der Waals surface area contributed by atoms with E-state index in [0.717, 1.165) is 10.5 Å². The molecule has 0 aliphatic rings. The van der Waals surface area contributed by atoms with E-state index < -0.39 is 23.8 Å². The first kappa shape index (κ1) is 15.9. The number of nitrogens with two attached hydrogens (primary N) is 1. The number of hydrogen-bond donors (Lipinski definition) is 3. The van der Waals surface area contributed by atoms with Gasteiger partial charge in [-0.3, -0.25) is 10.1 Å². The SMILES string of the molecule is COc1ccc(C[NH+](C)[C@@H](C)C(=O)NC(N)=O)cc1F. The van der Waals surface area contributed by atoms with Crippen molar-refractivity contribution in [2.45, 2.75) is 19.5 Å². The molecule has 20 heavy (non-hydrogen) atoms. The van der Waals surface area contributed by atoms with E-state index in [1.165, 1.54) is 19.2 Å². The number of primary amides is 1. The molecule has 0 spiro atoms. The number of amides is 3. The van der Waals surface area contributed by atoms with Gasteiger partial charge in [0.15, 0.2) is 17.6 Å². The molecule has 0 heterocycles. The highest BCUT2D eigenvalue weighted by Crippen LogP contribution is 2.17. The van der Waals surface area contributed by atoms with E-state index in [2.05, 4.69) is 0 Å². The fourth-order valence-corrected chi connectivity index (χ4v) is 1.75. The van der Waals surface area contributed by atoms with E-state index in [9.17, 15) is 14.0 Å². The van der Waals surface area contributed by atoms with Gasteiger partial charge in [0.25, 0.3) is 5.91 Å². The first-order chi connectivity index (χ1) is 9.35. The summed E-state index contributed by atoms with van der Waals surface area (Å²) in [5, 5.41) is 2.02. The molecule has 0 bridgehead atoms. The summed E-state index contributed by atoms with van der Waals surface area (Å²) in [4.78, 5) is 23.1. The van der Waals surface area contributed by atoms with Crippen molar-refractivity contribution in [2.75, 3.05) is 14.2 Å². The standard InChI is InChI=1S/C13H18FN3O3/c1-8(12(18)16-13(15)19)17(2)7-9-4-5-11(20-3)10(14)6-9/h4-6,8H,7H2,1-3H3,(H3,15,16,18,19)/p+1/t8-/m0/s1. The lowest BCUT2D eigenvalue weighted by Gasteiger charge is -2.20. The fourth-order valence-electron chi connectivity index (χ4n) is 1.75. The molecule has 1 unspecified atom stereocenters. The Morgan fingerprint density at radius 3 is 2.65 bits per heavy atom. The minimum Gasteiger partial charge on any atom is -0.494 e. The van der Waals surface area contributed by atoms with Crippen LogP contribution in [0.15, 0.2) is 18.2 Å². The number of urea groups is 1. The van der Waals surface area contributed by atoms with Crippen molar-refractivity contribution in [3.05, 3.63) is 29.6 Å². The maximum Gasteiger partial charge on any atom is 0.319 e. The summed E-state index contributed by atoms with van der Waals surface area (Å²) < 4.78 is 18.4. The summed E-state index contributed by atoms with van der Waals surface area (Å²) in [7, 11) is 3.17. The zero-order valence-electron chi connectivity index (χ0n) is 11.7. The Morgan fingerprint density at radius 1 is 1.50 bits per heavy atom. The molecule has 0 fully saturated rings. The highest BCUT2D eigenvalue weighted by atomic mass is 19.1. The Morgan fingerprint density at radius 2 is 2.15 bits per heavy atom. The number of likely N-dealkylation sites (N-methyl/N-ethyl adjacent to an activating group) is 1. The number of quaternary nitrogens is 1. The Bertz CT molecular complexity index is 508. The van der Waals surface area contributed by atoms with Gasteiger partial charge in [-0.1, -0.05) is 0 Å². The number of halogens is 1. The molecule has 0 aliphatic carbocycles. The predicted octanol–water partition coefficient (Wildman–Crippen LogP) is -0.568. The van der Waals surface area contributed by atoms with Gasteiger partial charge in [-0.05, 0) is 25.1 Å². The van der Waals surface area contributed by atoms with Crippen LogP contribution in [0.1, 0.15) is 12.5 Å². The van der Waals surface area contributed by atoms with Gasteiger partial charge in [0, 0.05) is 5.56 Å². The molecule has 7 heteroatoms. The molecule has 0 radical (unpaired) electrons. The molecule has 2 atom stereocenters. The van der Waals surface area contributed by atoms with Gasteiger partial charge in [-0.2, -0.15) is 0 Å². The van der Waals surface area contributed by atoms with Crippen LogP contribution in [0.5, 0.6) is 5.75 Å². The Kier molecular flexibility index (Phi) is 5.45. The largest absolute Gasteiger partial charge is 0.494 e. The van der Waals surface area contributed by atoms with Gasteiger partial charge in [-0.25, -0.2) is 9.18 Å². The van der Waals surface area contributed by atoms with E-state index in [-0.39, 0.29) is 5.75 Å². The highest BCUT2D eigenvalue weighted by molar-refractivity contribution is 5.95. The molecule has 3 amide bonds. The highest BCUT2D eigenvalue weighted by Gasteiger charge is 2.23. The Hall–Kier alpha value is -2.15. The number of hydrogen-bond acceptors (Lipinski definition) is 3. The maximum absolute atomic E-state index is 13.6. The third-order valence-corrected chi connectivity index (χ3v) is 3.08. The van der Waals surface area contributed by atoms with Gasteiger partial charge in [0.05, 0.1) is 14.2 Å². The number of carbonyl (C=O) groups excluding carboxylic acids is 2. The molecule has 1 rings (SSSR count). The summed E-state index contributed by atoms with van der Waals surface area (Å²) in [6.07, 6.45) is 0. The molecule has 0 aromatic heterocycles. The van der Waals surface area contributed by atoms with Crippen LogP contribution >= 0.6 is 0 Å². The average Bonchev–Trinajstić information content (AvgIpc) is 2.37. The molecule has 110 valence electrons. The summed E-state index contributed by atoms with van der Waals surface area (Å²) >= 11 is 0. The second-order valence-electron chi connectivity index (χ2n) is 4.57. The molecule has 0 aliphatic heterocycles. The zero-order chi connectivity index (χ0) is 15.3. The first-order valence-electron chi connectivity index (χ1n) is 6.10. The van der Waals surface area contributed by atoms with Crippen LogP contribution in [0.4, 0.5) is 9.18 Å². The second-order valence-corrected chi connectivity index (χ2v) is 4.57. The van der Waals surface area contributed by atoms with Gasteiger partial charge in [0.2, 0.25) is 0 Å². The molecule has 0 saturated carbocycles. The smallest absolute Gasteiger partial charge is 0.319 e. The van der Waals surface area contributed by atoms with Crippen molar-refractivity contribution in [1.82, 2.24) is 5.32 Å². The Labute approximate surface area is 116 Å². The van der Waals surface area contributed by atoms with E-state index in [4.69, 9.17) is 10.5 Å². The van der Waals surface area contributed by atoms with Crippen LogP contribution in [-0.2, 0) is 11.3 Å². The molecular formula is C13H19FN3O3+. The predicted molar refractivity (Wildman–Crippen MR) is 70.7 cm³/mol. The number of methoxy groups -OCH3 is 1.